The molecule has 0 bridgehead atoms. The third-order valence-electron chi connectivity index (χ3n) is 4.47. The lowest BCUT2D eigenvalue weighted by molar-refractivity contribution is 0.0732. The molecule has 3 rings (SSSR count). The first kappa shape index (κ1) is 17.7. The molecule has 132 valence electrons. The van der Waals surface area contributed by atoms with Gasteiger partial charge in [0, 0.05) is 22.6 Å². The largest absolute Gasteiger partial charge is 0.497 e. The summed E-state index contributed by atoms with van der Waals surface area (Å²) in [5.74, 6) is 0.766. The van der Waals surface area contributed by atoms with Gasteiger partial charge in [-0.15, -0.1) is 0 Å². The van der Waals surface area contributed by atoms with Crippen LogP contribution in [0.4, 0.5) is 4.39 Å². The summed E-state index contributed by atoms with van der Waals surface area (Å²) in [7, 11) is 3.20. The molecule has 0 aromatic heterocycles. The fraction of sp³-hybridized carbons (Fsp3) is 0.316. The second-order valence-corrected chi connectivity index (χ2v) is 6.74. The topological polar surface area (TPSA) is 38.8 Å². The van der Waals surface area contributed by atoms with Crippen LogP contribution < -0.4 is 9.47 Å². The Morgan fingerprint density at radius 2 is 2.00 bits per heavy atom. The van der Waals surface area contributed by atoms with E-state index >= 15 is 0 Å². The van der Waals surface area contributed by atoms with Gasteiger partial charge in [-0.2, -0.15) is 0 Å². The van der Waals surface area contributed by atoms with Gasteiger partial charge in [0.15, 0.2) is 0 Å². The Morgan fingerprint density at radius 3 is 2.72 bits per heavy atom. The minimum absolute atomic E-state index is 0.108. The third-order valence-corrected chi connectivity index (χ3v) is 5.16. The van der Waals surface area contributed by atoms with E-state index in [9.17, 15) is 9.18 Å². The van der Waals surface area contributed by atoms with Crippen molar-refractivity contribution in [2.45, 2.75) is 18.9 Å². The molecule has 1 atom stereocenters. The third kappa shape index (κ3) is 3.49. The molecular formula is C19H19BrFNO3. The molecule has 2 aromatic carbocycles. The lowest BCUT2D eigenvalue weighted by atomic mass is 10.0. The number of hydrogen-bond acceptors (Lipinski definition) is 3. The molecule has 25 heavy (non-hydrogen) atoms. The number of amides is 1. The van der Waals surface area contributed by atoms with Crippen LogP contribution in [0.25, 0.3) is 0 Å². The second-order valence-electron chi connectivity index (χ2n) is 5.89. The van der Waals surface area contributed by atoms with Crippen LogP contribution in [0.3, 0.4) is 0 Å². The smallest absolute Gasteiger partial charge is 0.255 e. The Morgan fingerprint density at radius 1 is 1.20 bits per heavy atom. The van der Waals surface area contributed by atoms with Gasteiger partial charge in [0.05, 0.1) is 25.8 Å². The summed E-state index contributed by atoms with van der Waals surface area (Å²) in [6, 6.07) is 9.65. The lowest BCUT2D eigenvalue weighted by Gasteiger charge is -2.27. The minimum atomic E-state index is -0.427. The van der Waals surface area contributed by atoms with Gasteiger partial charge in [-0.05, 0) is 59.1 Å². The van der Waals surface area contributed by atoms with Gasteiger partial charge in [-0.3, -0.25) is 4.79 Å². The SMILES string of the molecule is COc1ccc([C@H]2CCCN2C(=O)c2cc(F)ccc2Br)c(OC)c1. The van der Waals surface area contributed by atoms with Crippen molar-refractivity contribution < 1.29 is 18.7 Å². The molecule has 0 radical (unpaired) electrons. The van der Waals surface area contributed by atoms with Gasteiger partial charge in [-0.1, -0.05) is 0 Å². The number of rotatable bonds is 4. The van der Waals surface area contributed by atoms with Crippen LogP contribution >= 0.6 is 15.9 Å². The zero-order valence-electron chi connectivity index (χ0n) is 14.1. The molecule has 1 amide bonds. The highest BCUT2D eigenvalue weighted by molar-refractivity contribution is 9.10. The van der Waals surface area contributed by atoms with E-state index in [0.29, 0.717) is 28.1 Å². The molecule has 1 aliphatic rings. The van der Waals surface area contributed by atoms with Crippen LogP contribution in [-0.2, 0) is 0 Å². The van der Waals surface area contributed by atoms with Crippen molar-refractivity contribution in [1.29, 1.82) is 0 Å². The summed E-state index contributed by atoms with van der Waals surface area (Å²) < 4.78 is 24.9. The van der Waals surface area contributed by atoms with Crippen molar-refractivity contribution in [3.05, 3.63) is 57.8 Å². The Kier molecular flexibility index (Phi) is 5.27. The maximum atomic E-state index is 13.6. The van der Waals surface area contributed by atoms with Crippen LogP contribution in [0.2, 0.25) is 0 Å². The zero-order valence-corrected chi connectivity index (χ0v) is 15.7. The number of benzene rings is 2. The molecule has 0 spiro atoms. The maximum absolute atomic E-state index is 13.6. The minimum Gasteiger partial charge on any atom is -0.497 e. The molecular weight excluding hydrogens is 389 g/mol. The molecule has 1 heterocycles. The zero-order chi connectivity index (χ0) is 18.0. The number of halogens is 2. The van der Waals surface area contributed by atoms with Crippen LogP contribution in [0.1, 0.15) is 34.8 Å². The maximum Gasteiger partial charge on any atom is 0.255 e. The first-order chi connectivity index (χ1) is 12.0. The Labute approximate surface area is 154 Å². The van der Waals surface area contributed by atoms with E-state index in [2.05, 4.69) is 15.9 Å². The number of ether oxygens (including phenoxy) is 2. The lowest BCUT2D eigenvalue weighted by Crippen LogP contribution is -2.31. The van der Waals surface area contributed by atoms with Gasteiger partial charge in [0.2, 0.25) is 0 Å². The van der Waals surface area contributed by atoms with Gasteiger partial charge < -0.3 is 14.4 Å². The van der Waals surface area contributed by atoms with E-state index in [4.69, 9.17) is 9.47 Å². The first-order valence-corrected chi connectivity index (χ1v) is 8.82. The van der Waals surface area contributed by atoms with Crippen LogP contribution in [0.5, 0.6) is 11.5 Å². The van der Waals surface area contributed by atoms with Crippen molar-refractivity contribution >= 4 is 21.8 Å². The monoisotopic (exact) mass is 407 g/mol. The molecule has 1 fully saturated rings. The molecule has 2 aromatic rings. The number of carbonyl (C=O) groups excluding carboxylic acids is 1. The van der Waals surface area contributed by atoms with Crippen molar-refractivity contribution in [3.8, 4) is 11.5 Å². The standard InChI is InChI=1S/C19H19BrFNO3/c1-24-13-6-7-14(18(11-13)25-2)17-4-3-9-22(17)19(23)15-10-12(21)5-8-16(15)20/h5-8,10-11,17H,3-4,9H2,1-2H3/t17-/m1/s1. The highest BCUT2D eigenvalue weighted by Crippen LogP contribution is 2.39. The molecule has 0 unspecified atom stereocenters. The first-order valence-electron chi connectivity index (χ1n) is 8.03. The summed E-state index contributed by atoms with van der Waals surface area (Å²) in [4.78, 5) is 14.8. The molecule has 0 N–H and O–H groups in total. The number of hydrogen-bond donors (Lipinski definition) is 0. The highest BCUT2D eigenvalue weighted by Gasteiger charge is 2.33. The van der Waals surface area contributed by atoms with E-state index in [1.54, 1.807) is 25.2 Å². The van der Waals surface area contributed by atoms with Crippen LogP contribution in [0.15, 0.2) is 40.9 Å². The Bertz CT molecular complexity index is 796. The van der Waals surface area contributed by atoms with E-state index in [-0.39, 0.29) is 11.9 Å². The Balaban J connectivity index is 1.95. The number of carbonyl (C=O) groups is 1. The number of methoxy groups -OCH3 is 2. The number of likely N-dealkylation sites (tertiary alicyclic amines) is 1. The quantitative estimate of drug-likeness (QED) is 0.744. The normalized spacial score (nSPS) is 16.8. The summed E-state index contributed by atoms with van der Waals surface area (Å²) in [6.45, 7) is 0.627. The summed E-state index contributed by atoms with van der Waals surface area (Å²) in [5.41, 5.74) is 1.26. The van der Waals surface area contributed by atoms with Crippen molar-refractivity contribution in [3.63, 3.8) is 0 Å². The molecule has 0 aliphatic carbocycles. The molecule has 1 saturated heterocycles. The fourth-order valence-corrected chi connectivity index (χ4v) is 3.66. The van der Waals surface area contributed by atoms with Crippen LogP contribution in [0, 0.1) is 5.82 Å². The second kappa shape index (κ2) is 7.44. The van der Waals surface area contributed by atoms with E-state index < -0.39 is 5.82 Å². The van der Waals surface area contributed by atoms with E-state index in [1.165, 1.54) is 12.1 Å². The van der Waals surface area contributed by atoms with E-state index in [0.717, 1.165) is 18.4 Å². The molecule has 0 saturated carbocycles. The number of nitrogens with zero attached hydrogens (tertiary/aromatic N) is 1. The van der Waals surface area contributed by atoms with Crippen molar-refractivity contribution in [2.75, 3.05) is 20.8 Å². The summed E-state index contributed by atoms with van der Waals surface area (Å²) in [5, 5.41) is 0. The Hall–Kier alpha value is -2.08. The van der Waals surface area contributed by atoms with Gasteiger partial charge in [-0.25, -0.2) is 4.39 Å². The predicted octanol–water partition coefficient (Wildman–Crippen LogP) is 4.58. The van der Waals surface area contributed by atoms with Gasteiger partial charge >= 0.3 is 0 Å². The highest BCUT2D eigenvalue weighted by atomic mass is 79.9. The fourth-order valence-electron chi connectivity index (χ4n) is 3.24. The summed E-state index contributed by atoms with van der Waals surface area (Å²) in [6.07, 6.45) is 1.72. The average Bonchev–Trinajstić information content (AvgIpc) is 3.12. The molecule has 4 nitrogen and oxygen atoms in total. The van der Waals surface area contributed by atoms with Crippen molar-refractivity contribution in [2.24, 2.45) is 0 Å². The predicted molar refractivity (Wildman–Crippen MR) is 96.7 cm³/mol. The average molecular weight is 408 g/mol. The van der Waals surface area contributed by atoms with E-state index in [1.807, 2.05) is 18.2 Å². The molecule has 1 aliphatic heterocycles. The van der Waals surface area contributed by atoms with Crippen molar-refractivity contribution in [1.82, 2.24) is 4.90 Å². The molecule has 6 heteroatoms. The van der Waals surface area contributed by atoms with Gasteiger partial charge in [0.1, 0.15) is 17.3 Å². The summed E-state index contributed by atoms with van der Waals surface area (Å²) >= 11 is 3.35. The van der Waals surface area contributed by atoms with Gasteiger partial charge in [0.25, 0.3) is 5.91 Å². The van der Waals surface area contributed by atoms with Crippen LogP contribution in [-0.4, -0.2) is 31.6 Å².